The summed E-state index contributed by atoms with van der Waals surface area (Å²) in [5.41, 5.74) is 1.88. The van der Waals surface area contributed by atoms with Crippen LogP contribution >= 0.6 is 11.6 Å². The highest BCUT2D eigenvalue weighted by Crippen LogP contribution is 2.19. The van der Waals surface area contributed by atoms with Gasteiger partial charge in [0.1, 0.15) is 5.82 Å². The summed E-state index contributed by atoms with van der Waals surface area (Å²) in [6.07, 6.45) is 3.08. The standard InChI is InChI=1S/C24H17ClFN3O2/c25-18-11-9-16(10-12-18)23(30)20-6-2-3-7-21(20)24(31)28-19-13-27-29(15-19)14-17-5-1-4-8-22(17)26/h1-13,15H,14H2,(H,28,31). The van der Waals surface area contributed by atoms with Crippen LogP contribution in [0.5, 0.6) is 0 Å². The second kappa shape index (κ2) is 8.93. The van der Waals surface area contributed by atoms with E-state index in [0.29, 0.717) is 21.8 Å². The molecular formula is C24H17ClFN3O2. The van der Waals surface area contributed by atoms with E-state index in [0.717, 1.165) is 0 Å². The van der Waals surface area contributed by atoms with Gasteiger partial charge in [-0.1, -0.05) is 48.0 Å². The molecule has 5 nitrogen and oxygen atoms in total. The molecule has 0 atom stereocenters. The number of ketones is 1. The molecular weight excluding hydrogens is 417 g/mol. The summed E-state index contributed by atoms with van der Waals surface area (Å²) in [5.74, 6) is -1.04. The Labute approximate surface area is 183 Å². The van der Waals surface area contributed by atoms with Gasteiger partial charge in [0, 0.05) is 27.9 Å². The Hall–Kier alpha value is -3.77. The lowest BCUT2D eigenvalue weighted by atomic mass is 9.98. The number of amides is 1. The summed E-state index contributed by atoms with van der Waals surface area (Å²) in [6.45, 7) is 0.230. The molecule has 0 unspecified atom stereocenters. The normalized spacial score (nSPS) is 10.6. The van der Waals surface area contributed by atoms with E-state index in [4.69, 9.17) is 11.6 Å². The first-order valence-corrected chi connectivity index (χ1v) is 9.85. The first-order chi connectivity index (χ1) is 15.0. The minimum Gasteiger partial charge on any atom is -0.319 e. The lowest BCUT2D eigenvalue weighted by Gasteiger charge is -2.09. The third-order valence-corrected chi connectivity index (χ3v) is 4.96. The summed E-state index contributed by atoms with van der Waals surface area (Å²) < 4.78 is 15.4. The number of hydrogen-bond acceptors (Lipinski definition) is 3. The zero-order chi connectivity index (χ0) is 21.8. The van der Waals surface area contributed by atoms with Crippen LogP contribution in [0.3, 0.4) is 0 Å². The second-order valence-electron chi connectivity index (χ2n) is 6.85. The van der Waals surface area contributed by atoms with Gasteiger partial charge in [-0.2, -0.15) is 5.10 Å². The van der Waals surface area contributed by atoms with Gasteiger partial charge in [0.05, 0.1) is 24.0 Å². The van der Waals surface area contributed by atoms with Crippen LogP contribution in [0.4, 0.5) is 10.1 Å². The molecule has 154 valence electrons. The van der Waals surface area contributed by atoms with Crippen molar-refractivity contribution in [3.05, 3.63) is 118 Å². The van der Waals surface area contributed by atoms with Crippen LogP contribution < -0.4 is 5.32 Å². The monoisotopic (exact) mass is 433 g/mol. The van der Waals surface area contributed by atoms with Crippen LogP contribution in [0.2, 0.25) is 5.02 Å². The predicted molar refractivity (Wildman–Crippen MR) is 117 cm³/mol. The third kappa shape index (κ3) is 4.70. The van der Waals surface area contributed by atoms with Crippen molar-refractivity contribution in [1.82, 2.24) is 9.78 Å². The lowest BCUT2D eigenvalue weighted by molar-refractivity contribution is 0.0996. The molecule has 0 aliphatic heterocycles. The van der Waals surface area contributed by atoms with Crippen molar-refractivity contribution in [2.45, 2.75) is 6.54 Å². The van der Waals surface area contributed by atoms with E-state index in [1.165, 1.54) is 16.9 Å². The maximum absolute atomic E-state index is 13.8. The molecule has 4 rings (SSSR count). The van der Waals surface area contributed by atoms with Gasteiger partial charge in [0.2, 0.25) is 0 Å². The van der Waals surface area contributed by atoms with E-state index < -0.39 is 5.91 Å². The highest BCUT2D eigenvalue weighted by Gasteiger charge is 2.18. The van der Waals surface area contributed by atoms with Crippen molar-refractivity contribution < 1.29 is 14.0 Å². The number of hydrogen-bond donors (Lipinski definition) is 1. The van der Waals surface area contributed by atoms with Gasteiger partial charge in [-0.15, -0.1) is 0 Å². The predicted octanol–water partition coefficient (Wildman–Crippen LogP) is 5.21. The van der Waals surface area contributed by atoms with Crippen molar-refractivity contribution in [1.29, 1.82) is 0 Å². The van der Waals surface area contributed by atoms with Gasteiger partial charge in [-0.3, -0.25) is 14.3 Å². The van der Waals surface area contributed by atoms with Crippen LogP contribution in [-0.4, -0.2) is 21.5 Å². The fourth-order valence-corrected chi connectivity index (χ4v) is 3.28. The summed E-state index contributed by atoms with van der Waals surface area (Å²) in [4.78, 5) is 25.8. The zero-order valence-electron chi connectivity index (χ0n) is 16.3. The molecule has 1 N–H and O–H groups in total. The Bertz CT molecular complexity index is 1250. The summed E-state index contributed by atoms with van der Waals surface area (Å²) >= 11 is 5.89. The maximum atomic E-state index is 13.8. The van der Waals surface area contributed by atoms with Gasteiger partial charge in [-0.05, 0) is 36.4 Å². The van der Waals surface area contributed by atoms with Crippen molar-refractivity contribution in [3.63, 3.8) is 0 Å². The van der Waals surface area contributed by atoms with Gasteiger partial charge in [0.15, 0.2) is 5.78 Å². The lowest BCUT2D eigenvalue weighted by Crippen LogP contribution is -2.16. The summed E-state index contributed by atoms with van der Waals surface area (Å²) in [5, 5.41) is 7.44. The molecule has 1 heterocycles. The number of anilines is 1. The largest absolute Gasteiger partial charge is 0.319 e. The first-order valence-electron chi connectivity index (χ1n) is 9.48. The summed E-state index contributed by atoms with van der Waals surface area (Å²) in [7, 11) is 0. The van der Waals surface area contributed by atoms with E-state index in [-0.39, 0.29) is 29.3 Å². The fraction of sp³-hybridized carbons (Fsp3) is 0.0417. The second-order valence-corrected chi connectivity index (χ2v) is 7.29. The Kier molecular flexibility index (Phi) is 5.91. The van der Waals surface area contributed by atoms with Crippen molar-refractivity contribution in [2.24, 2.45) is 0 Å². The molecule has 0 radical (unpaired) electrons. The van der Waals surface area contributed by atoms with Crippen LogP contribution in [-0.2, 0) is 6.54 Å². The molecule has 4 aromatic rings. The fourth-order valence-electron chi connectivity index (χ4n) is 3.15. The molecule has 0 aliphatic carbocycles. The van der Waals surface area contributed by atoms with Crippen molar-refractivity contribution >= 4 is 29.0 Å². The number of nitrogens with one attached hydrogen (secondary N) is 1. The van der Waals surface area contributed by atoms with Crippen LogP contribution in [0.25, 0.3) is 0 Å². The molecule has 0 saturated heterocycles. The molecule has 1 amide bonds. The number of aromatic nitrogens is 2. The van der Waals surface area contributed by atoms with Gasteiger partial charge < -0.3 is 5.32 Å². The maximum Gasteiger partial charge on any atom is 0.256 e. The van der Waals surface area contributed by atoms with E-state index in [1.807, 2.05) is 0 Å². The number of rotatable bonds is 6. The molecule has 7 heteroatoms. The number of nitrogens with zero attached hydrogens (tertiary/aromatic N) is 2. The summed E-state index contributed by atoms with van der Waals surface area (Å²) in [6, 6.07) is 19.5. The first kappa shape index (κ1) is 20.5. The van der Waals surface area contributed by atoms with E-state index in [1.54, 1.807) is 72.9 Å². The molecule has 31 heavy (non-hydrogen) atoms. The van der Waals surface area contributed by atoms with Crippen molar-refractivity contribution in [3.8, 4) is 0 Å². The van der Waals surface area contributed by atoms with E-state index in [9.17, 15) is 14.0 Å². The molecule has 0 spiro atoms. The molecule has 0 saturated carbocycles. The van der Waals surface area contributed by atoms with Crippen LogP contribution in [0.15, 0.2) is 85.2 Å². The minimum atomic E-state index is -0.441. The Balaban J connectivity index is 1.52. The zero-order valence-corrected chi connectivity index (χ0v) is 17.0. The van der Waals surface area contributed by atoms with Gasteiger partial charge in [-0.25, -0.2) is 4.39 Å². The smallest absolute Gasteiger partial charge is 0.256 e. The topological polar surface area (TPSA) is 64.0 Å². The average molecular weight is 434 g/mol. The van der Waals surface area contributed by atoms with Crippen LogP contribution in [0, 0.1) is 5.82 Å². The van der Waals surface area contributed by atoms with E-state index in [2.05, 4.69) is 10.4 Å². The average Bonchev–Trinajstić information content (AvgIpc) is 3.22. The highest BCUT2D eigenvalue weighted by atomic mass is 35.5. The quantitative estimate of drug-likeness (QED) is 0.425. The number of carbonyl (C=O) groups excluding carboxylic acids is 2. The SMILES string of the molecule is O=C(Nc1cnn(Cc2ccccc2F)c1)c1ccccc1C(=O)c1ccc(Cl)cc1. The number of benzene rings is 3. The molecule has 0 aliphatic rings. The Morgan fingerprint density at radius 2 is 1.61 bits per heavy atom. The minimum absolute atomic E-state index is 0.230. The Morgan fingerprint density at radius 1 is 0.935 bits per heavy atom. The molecule has 0 fully saturated rings. The Morgan fingerprint density at radius 3 is 2.35 bits per heavy atom. The van der Waals surface area contributed by atoms with Crippen LogP contribution in [0.1, 0.15) is 31.8 Å². The number of halogens is 2. The van der Waals surface area contributed by atoms with Gasteiger partial charge in [0.25, 0.3) is 5.91 Å². The molecule has 0 bridgehead atoms. The highest BCUT2D eigenvalue weighted by molar-refractivity contribution is 6.30. The van der Waals surface area contributed by atoms with Gasteiger partial charge >= 0.3 is 0 Å². The van der Waals surface area contributed by atoms with Crippen molar-refractivity contribution in [2.75, 3.05) is 5.32 Å². The molecule has 1 aromatic heterocycles. The van der Waals surface area contributed by atoms with E-state index >= 15 is 0 Å². The molecule has 3 aromatic carbocycles. The number of carbonyl (C=O) groups is 2. The third-order valence-electron chi connectivity index (χ3n) is 4.70.